The SMILES string of the molecule is CCn1cc(C(=O)NCC[N+]2(CC3=C(C(=O)O)N4CC(NC(=O)C(=NOC(CC(=O)O)C(=O)O)c5nc(N)sc5Cl)C4SC3)CCCC2)c(=O)c2c(Cl)c(O)c(O)cc21. The molecule has 3 unspecified atom stereocenters. The molecule has 2 aromatic heterocycles. The van der Waals surface area contributed by atoms with E-state index in [1.165, 1.54) is 24.0 Å². The zero-order valence-corrected chi connectivity index (χ0v) is 34.3. The van der Waals surface area contributed by atoms with Gasteiger partial charge in [0.05, 0.1) is 59.9 Å². The molecule has 3 atom stereocenters. The number of phenols is 2. The number of likely N-dealkylation sites (tertiary alicyclic amines) is 1. The molecule has 0 radical (unpaired) electrons. The first kappa shape index (κ1) is 43.3. The van der Waals surface area contributed by atoms with Gasteiger partial charge in [0.1, 0.15) is 27.8 Å². The third kappa shape index (κ3) is 8.86. The minimum atomic E-state index is -1.94. The lowest BCUT2D eigenvalue weighted by Crippen LogP contribution is -2.67. The number of thiazole rings is 1. The number of phenolic OH excluding ortho intramolecular Hbond substituents is 2. The van der Waals surface area contributed by atoms with Gasteiger partial charge < -0.3 is 60.7 Å². The number of oxime groups is 1. The van der Waals surface area contributed by atoms with Crippen LogP contribution in [-0.4, -0.2) is 142 Å². The molecule has 3 aliphatic rings. The molecule has 2 amide bonds. The smallest absolute Gasteiger partial charge is 0.352 e. The molecule has 9 N–H and O–H groups in total. The summed E-state index contributed by atoms with van der Waals surface area (Å²) >= 11 is 14.7. The number of aryl methyl sites for hydroxylation is 1. The van der Waals surface area contributed by atoms with Crippen LogP contribution in [0.2, 0.25) is 9.36 Å². The van der Waals surface area contributed by atoms with Crippen molar-refractivity contribution in [2.24, 2.45) is 5.16 Å². The zero-order valence-electron chi connectivity index (χ0n) is 31.1. The van der Waals surface area contributed by atoms with Gasteiger partial charge in [-0.2, -0.15) is 0 Å². The van der Waals surface area contributed by atoms with Gasteiger partial charge in [0.25, 0.3) is 11.8 Å². The molecule has 59 heavy (non-hydrogen) atoms. The first-order valence-corrected chi connectivity index (χ1v) is 20.7. The topological polar surface area (TPSA) is 296 Å². The third-order valence-corrected chi connectivity index (χ3v) is 13.2. The number of carboxylic acids is 3. The molecule has 316 valence electrons. The highest BCUT2D eigenvalue weighted by Gasteiger charge is 2.49. The van der Waals surface area contributed by atoms with Gasteiger partial charge in [-0.1, -0.05) is 39.7 Å². The Morgan fingerprint density at radius 3 is 2.47 bits per heavy atom. The van der Waals surface area contributed by atoms with Crippen molar-refractivity contribution in [2.75, 3.05) is 50.8 Å². The van der Waals surface area contributed by atoms with E-state index < -0.39 is 76.3 Å². The van der Waals surface area contributed by atoms with Crippen molar-refractivity contribution in [3.8, 4) is 11.5 Å². The van der Waals surface area contributed by atoms with E-state index >= 15 is 0 Å². The highest BCUT2D eigenvalue weighted by Crippen LogP contribution is 2.41. The number of nitrogens with one attached hydrogen (secondary N) is 2. The number of nitrogen functional groups attached to an aromatic ring is 1. The number of fused-ring (bicyclic) bond motifs is 2. The predicted octanol–water partition coefficient (Wildman–Crippen LogP) is 1.68. The highest BCUT2D eigenvalue weighted by atomic mass is 35.5. The van der Waals surface area contributed by atoms with E-state index in [0.717, 1.165) is 37.3 Å². The van der Waals surface area contributed by atoms with Crippen LogP contribution >= 0.6 is 46.3 Å². The number of nitrogens with zero attached hydrogens (tertiary/aromatic N) is 5. The van der Waals surface area contributed by atoms with Crippen molar-refractivity contribution < 1.29 is 58.8 Å². The van der Waals surface area contributed by atoms with Crippen LogP contribution in [-0.2, 0) is 30.6 Å². The number of carboxylic acid groups (broad SMARTS) is 3. The number of aromatic nitrogens is 2. The quantitative estimate of drug-likeness (QED) is 0.0439. The molecular weight excluding hydrogens is 859 g/mol. The number of thioether (sulfide) groups is 1. The number of amides is 2. The summed E-state index contributed by atoms with van der Waals surface area (Å²) in [5.74, 6) is -6.68. The number of nitrogens with two attached hydrogens (primary N) is 1. The maximum Gasteiger partial charge on any atom is 0.352 e. The monoisotopic (exact) mass is 897 g/mol. The predicted molar refractivity (Wildman–Crippen MR) is 216 cm³/mol. The Hall–Kier alpha value is -5.29. The lowest BCUT2D eigenvalue weighted by molar-refractivity contribution is -0.911. The average Bonchev–Trinajstić information content (AvgIpc) is 3.76. The van der Waals surface area contributed by atoms with Gasteiger partial charge >= 0.3 is 17.9 Å². The number of anilines is 1. The van der Waals surface area contributed by atoms with E-state index in [0.29, 0.717) is 35.4 Å². The van der Waals surface area contributed by atoms with Gasteiger partial charge in [0.15, 0.2) is 22.3 Å². The first-order valence-electron chi connectivity index (χ1n) is 18.1. The number of carbonyl (C=O) groups is 5. The van der Waals surface area contributed by atoms with Crippen molar-refractivity contribution in [3.05, 3.63) is 54.4 Å². The van der Waals surface area contributed by atoms with E-state index in [2.05, 4.69) is 20.8 Å². The summed E-state index contributed by atoms with van der Waals surface area (Å²) in [4.78, 5) is 86.5. The fraction of sp³-hybridized carbons (Fsp3) is 0.429. The number of quaternary nitrogens is 1. The maximum atomic E-state index is 13.6. The number of carbonyl (C=O) groups excluding carboxylic acids is 2. The molecule has 1 aromatic carbocycles. The molecule has 0 aliphatic carbocycles. The highest BCUT2D eigenvalue weighted by molar-refractivity contribution is 8.00. The lowest BCUT2D eigenvalue weighted by Gasteiger charge is -2.52. The van der Waals surface area contributed by atoms with Gasteiger partial charge in [-0.05, 0) is 6.92 Å². The minimum Gasteiger partial charge on any atom is -0.504 e. The first-order chi connectivity index (χ1) is 27.9. The molecular formula is C35H39Cl2N8O12S2+. The van der Waals surface area contributed by atoms with Gasteiger partial charge in [-0.25, -0.2) is 14.6 Å². The Morgan fingerprint density at radius 2 is 1.86 bits per heavy atom. The van der Waals surface area contributed by atoms with Crippen molar-refractivity contribution in [2.45, 2.75) is 50.3 Å². The average molecular weight is 899 g/mol. The number of halogens is 2. The fourth-order valence-electron chi connectivity index (χ4n) is 7.49. The molecule has 24 heteroatoms. The summed E-state index contributed by atoms with van der Waals surface area (Å²) in [5.41, 5.74) is 5.09. The Bertz CT molecular complexity index is 2360. The molecule has 20 nitrogen and oxygen atoms in total. The largest absolute Gasteiger partial charge is 0.504 e. The summed E-state index contributed by atoms with van der Waals surface area (Å²) in [6, 6.07) is 0.596. The summed E-state index contributed by atoms with van der Waals surface area (Å²) < 4.78 is 1.99. The molecule has 3 aromatic rings. The van der Waals surface area contributed by atoms with E-state index in [1.54, 1.807) is 16.4 Å². The molecule has 0 spiro atoms. The van der Waals surface area contributed by atoms with Crippen LogP contribution < -0.4 is 21.8 Å². The molecule has 2 saturated heterocycles. The second-order valence-electron chi connectivity index (χ2n) is 14.1. The molecule has 3 aliphatic heterocycles. The van der Waals surface area contributed by atoms with Crippen LogP contribution in [0.25, 0.3) is 10.9 Å². The van der Waals surface area contributed by atoms with Crippen LogP contribution in [0, 0.1) is 0 Å². The van der Waals surface area contributed by atoms with Crippen LogP contribution in [0.4, 0.5) is 5.13 Å². The second-order valence-corrected chi connectivity index (χ2v) is 17.2. The Labute approximate surface area is 352 Å². The molecule has 6 rings (SSSR count). The molecule has 5 heterocycles. The van der Waals surface area contributed by atoms with E-state index in [4.69, 9.17) is 38.9 Å². The zero-order chi connectivity index (χ0) is 42.9. The van der Waals surface area contributed by atoms with Gasteiger partial charge in [0, 0.05) is 49.5 Å². The molecule has 0 saturated carbocycles. The third-order valence-electron chi connectivity index (χ3n) is 10.3. The number of aromatic hydroxyl groups is 2. The van der Waals surface area contributed by atoms with E-state index in [9.17, 15) is 49.2 Å². The normalized spacial score (nSPS) is 19.2. The molecule has 2 fully saturated rings. The number of benzene rings is 1. The van der Waals surface area contributed by atoms with Crippen LogP contribution in [0.5, 0.6) is 11.5 Å². The summed E-state index contributed by atoms with van der Waals surface area (Å²) in [7, 11) is 0. The Morgan fingerprint density at radius 1 is 1.15 bits per heavy atom. The minimum absolute atomic E-state index is 0.0333. The summed E-state index contributed by atoms with van der Waals surface area (Å²) in [6.07, 6.45) is 0.237. The lowest BCUT2D eigenvalue weighted by atomic mass is 10.0. The number of aliphatic carboxylic acids is 3. The number of hydrogen-bond acceptors (Lipinski definition) is 15. The fourth-order valence-corrected chi connectivity index (χ4v) is 10.1. The van der Waals surface area contributed by atoms with Gasteiger partial charge in [-0.3, -0.25) is 19.2 Å². The number of pyridine rings is 1. The summed E-state index contributed by atoms with van der Waals surface area (Å²) in [6.45, 7) is 4.60. The Kier molecular flexibility index (Phi) is 12.9. The Balaban J connectivity index is 1.15. The van der Waals surface area contributed by atoms with Crippen LogP contribution in [0.1, 0.15) is 42.2 Å². The van der Waals surface area contributed by atoms with Crippen molar-refractivity contribution >= 4 is 97.8 Å². The van der Waals surface area contributed by atoms with E-state index in [-0.39, 0.29) is 55.4 Å². The number of hydrogen-bond donors (Lipinski definition) is 8. The van der Waals surface area contributed by atoms with Crippen molar-refractivity contribution in [3.63, 3.8) is 0 Å². The number of rotatable bonds is 16. The second kappa shape index (κ2) is 17.5. The van der Waals surface area contributed by atoms with Gasteiger partial charge in [0.2, 0.25) is 11.5 Å². The standard InChI is InChI=1S/C35H38Cl2N8O12S2/c1-2-43-11-16(27(49)22-18(43)9-19(46)28(50)23(22)36)30(51)39-5-8-45(6-3-4-7-45)13-15-14-58-32-17(12-44(32)26(15)34(55)56)40-31(52)25(24-29(37)59-35(38)41-24)42-57-20(33(53)54)10-21(47)48/h9,11,17,20,32H,2-8,10,12-14H2,1H3,(H8-,38,39,40,41,42,46,47,48,49,50,51,52,53,54,55,56)/p+1. The van der Waals surface area contributed by atoms with Crippen molar-refractivity contribution in [1.29, 1.82) is 0 Å². The molecule has 0 bridgehead atoms. The van der Waals surface area contributed by atoms with E-state index in [1.807, 2.05) is 0 Å². The van der Waals surface area contributed by atoms with Crippen LogP contribution in [0.3, 0.4) is 0 Å². The van der Waals surface area contributed by atoms with Crippen LogP contribution in [0.15, 0.2) is 33.5 Å². The summed E-state index contributed by atoms with van der Waals surface area (Å²) in [5, 5.41) is 57.3. The van der Waals surface area contributed by atoms with Gasteiger partial charge in [-0.15, -0.1) is 11.8 Å². The maximum absolute atomic E-state index is 13.6. The van der Waals surface area contributed by atoms with Crippen molar-refractivity contribution in [1.82, 2.24) is 25.1 Å².